The summed E-state index contributed by atoms with van der Waals surface area (Å²) in [6.45, 7) is 8.55. The first-order chi connectivity index (χ1) is 18.2. The summed E-state index contributed by atoms with van der Waals surface area (Å²) in [6.07, 6.45) is 6.74. The lowest BCUT2D eigenvalue weighted by atomic mass is 9.88. The fourth-order valence-corrected chi connectivity index (χ4v) is 6.74. The Bertz CT molecular complexity index is 1130. The summed E-state index contributed by atoms with van der Waals surface area (Å²) in [5.41, 5.74) is 2.09. The Kier molecular flexibility index (Phi) is 8.35. The predicted octanol–water partition coefficient (Wildman–Crippen LogP) is 6.30. The van der Waals surface area contributed by atoms with Gasteiger partial charge in [0.25, 0.3) is 0 Å². The summed E-state index contributed by atoms with van der Waals surface area (Å²) in [6, 6.07) is 14.9. The second-order valence-electron chi connectivity index (χ2n) is 12.1. The number of hydrogen-bond acceptors (Lipinski definition) is 6. The summed E-state index contributed by atoms with van der Waals surface area (Å²) in [5.74, 6) is 1.96. The number of pyridine rings is 1. The molecule has 2 aromatic rings. The van der Waals surface area contributed by atoms with Crippen LogP contribution in [0, 0.1) is 0 Å². The molecule has 7 nitrogen and oxygen atoms in total. The van der Waals surface area contributed by atoms with Crippen molar-refractivity contribution >= 4 is 47.1 Å². The normalized spacial score (nSPS) is 21.9. The summed E-state index contributed by atoms with van der Waals surface area (Å²) in [4.78, 5) is 24.2. The molecule has 1 aromatic heterocycles. The molecule has 2 saturated carbocycles. The zero-order chi connectivity index (χ0) is 26.9. The Morgan fingerprint density at radius 2 is 1.71 bits per heavy atom. The van der Waals surface area contributed by atoms with E-state index in [1.807, 2.05) is 19.2 Å². The predicted molar refractivity (Wildman–Crippen MR) is 160 cm³/mol. The molecule has 9 heteroatoms. The van der Waals surface area contributed by atoms with E-state index in [1.165, 1.54) is 18.5 Å². The maximum absolute atomic E-state index is 12.8. The van der Waals surface area contributed by atoms with Crippen LogP contribution in [-0.4, -0.2) is 64.1 Å². The number of anilines is 3. The maximum Gasteiger partial charge on any atom is 0.246 e. The number of carbonyl (C=O) groups excluding carboxylic acids is 1. The van der Waals surface area contributed by atoms with Crippen LogP contribution in [0.5, 0.6) is 5.75 Å². The van der Waals surface area contributed by atoms with Gasteiger partial charge < -0.3 is 24.2 Å². The number of amides is 1. The van der Waals surface area contributed by atoms with Crippen molar-refractivity contribution in [1.29, 1.82) is 0 Å². The number of benzene rings is 1. The number of likely N-dealkylation sites (N-methyl/N-ethyl adjacent to an activating group) is 1. The zero-order valence-corrected chi connectivity index (χ0v) is 25.7. The van der Waals surface area contributed by atoms with Gasteiger partial charge in [-0.05, 0) is 84.8 Å². The van der Waals surface area contributed by atoms with Crippen LogP contribution in [0.25, 0.3) is 0 Å². The fourth-order valence-electron chi connectivity index (χ4n) is 5.68. The Morgan fingerprint density at radius 3 is 2.39 bits per heavy atom. The zero-order valence-electron chi connectivity index (χ0n) is 23.2. The number of para-hydroxylation sites is 2. The van der Waals surface area contributed by atoms with Crippen molar-refractivity contribution in [1.82, 2.24) is 4.98 Å². The molecule has 1 amide bonds. The molecule has 0 saturated heterocycles. The lowest BCUT2D eigenvalue weighted by Gasteiger charge is -2.44. The average molecular weight is 602 g/mol. The average Bonchev–Trinajstić information content (AvgIpc) is 3.72. The van der Waals surface area contributed by atoms with E-state index >= 15 is 0 Å². The van der Waals surface area contributed by atoms with Crippen LogP contribution in [0.2, 0.25) is 25.7 Å². The first kappa shape index (κ1) is 27.5. The van der Waals surface area contributed by atoms with E-state index in [2.05, 4.69) is 69.6 Å². The van der Waals surface area contributed by atoms with Gasteiger partial charge in [-0.3, -0.25) is 4.79 Å². The first-order valence-corrected chi connectivity index (χ1v) is 18.5. The lowest BCUT2D eigenvalue weighted by Crippen LogP contribution is -2.51. The number of halogens is 1. The van der Waals surface area contributed by atoms with Crippen LogP contribution in [0.1, 0.15) is 38.5 Å². The van der Waals surface area contributed by atoms with Crippen LogP contribution in [0.3, 0.4) is 0 Å². The van der Waals surface area contributed by atoms with Crippen LogP contribution < -0.4 is 19.4 Å². The highest BCUT2D eigenvalue weighted by atomic mass is 79.9. The number of hydrogen-bond donors (Lipinski definition) is 0. The van der Waals surface area contributed by atoms with E-state index in [0.717, 1.165) is 60.2 Å². The Labute approximate surface area is 236 Å². The van der Waals surface area contributed by atoms with Gasteiger partial charge >= 0.3 is 0 Å². The third-order valence-corrected chi connectivity index (χ3v) is 10.2. The van der Waals surface area contributed by atoms with E-state index in [1.54, 1.807) is 4.90 Å². The smallest absolute Gasteiger partial charge is 0.246 e. The highest BCUT2D eigenvalue weighted by Crippen LogP contribution is 2.43. The molecule has 2 aliphatic carbocycles. The van der Waals surface area contributed by atoms with Crippen molar-refractivity contribution in [3.8, 4) is 5.75 Å². The van der Waals surface area contributed by atoms with E-state index in [9.17, 15) is 4.79 Å². The van der Waals surface area contributed by atoms with Gasteiger partial charge in [0.05, 0.1) is 17.9 Å². The van der Waals surface area contributed by atoms with Gasteiger partial charge in [-0.15, -0.1) is 0 Å². The summed E-state index contributed by atoms with van der Waals surface area (Å²) in [7, 11) is 0.731. The number of carbonyl (C=O) groups is 1. The number of ether oxygens (including phenoxy) is 2. The molecule has 0 radical (unpaired) electrons. The van der Waals surface area contributed by atoms with Gasteiger partial charge in [0.2, 0.25) is 5.91 Å². The van der Waals surface area contributed by atoms with E-state index in [-0.39, 0.29) is 5.91 Å². The second-order valence-corrected chi connectivity index (χ2v) is 18.5. The van der Waals surface area contributed by atoms with Crippen LogP contribution in [0.15, 0.2) is 41.0 Å². The van der Waals surface area contributed by atoms with Gasteiger partial charge in [0, 0.05) is 39.9 Å². The fraction of sp³-hybridized carbons (Fsp3) is 0.586. The summed E-state index contributed by atoms with van der Waals surface area (Å²) >= 11 is 3.53. The maximum atomic E-state index is 12.8. The standard InChI is InChI=1S/C29H41BrN4O3Si/c1-32-25-15-16-27(30)31-29(25)33(19-28(32)35)21-9-11-22(12-10-21)34(23-13-14-23)24-7-5-6-8-26(24)37-20-36-17-18-38(2,3)4/h5-8,15-16,21-23H,9-14,17-20H2,1-4H3. The number of rotatable bonds is 10. The highest BCUT2D eigenvalue weighted by Gasteiger charge is 2.40. The van der Waals surface area contributed by atoms with E-state index < -0.39 is 8.07 Å². The quantitative estimate of drug-likeness (QED) is 0.138. The molecule has 206 valence electrons. The molecular formula is C29H41BrN4O3Si. The van der Waals surface area contributed by atoms with Crippen molar-refractivity contribution in [2.24, 2.45) is 0 Å². The molecule has 0 atom stereocenters. The molecule has 2 heterocycles. The van der Waals surface area contributed by atoms with Gasteiger partial charge in [0.1, 0.15) is 10.4 Å². The lowest BCUT2D eigenvalue weighted by molar-refractivity contribution is -0.117. The van der Waals surface area contributed by atoms with Gasteiger partial charge in [-0.25, -0.2) is 4.98 Å². The van der Waals surface area contributed by atoms with Crippen LogP contribution in [0.4, 0.5) is 17.2 Å². The van der Waals surface area contributed by atoms with Gasteiger partial charge in [0.15, 0.2) is 12.6 Å². The molecular weight excluding hydrogens is 560 g/mol. The van der Waals surface area contributed by atoms with Crippen molar-refractivity contribution in [2.45, 2.75) is 82.3 Å². The molecule has 0 N–H and O–H groups in total. The SMILES string of the molecule is CN1C(=O)CN(C2CCC(N(c3ccccc3OCOCC[Si](C)(C)C)C3CC3)CC2)c2nc(Br)ccc21. The number of aromatic nitrogens is 1. The second kappa shape index (κ2) is 11.6. The molecule has 0 bridgehead atoms. The Balaban J connectivity index is 1.25. The minimum absolute atomic E-state index is 0.126. The number of fused-ring (bicyclic) bond motifs is 1. The first-order valence-electron chi connectivity index (χ1n) is 14.0. The topological polar surface area (TPSA) is 58.1 Å². The highest BCUT2D eigenvalue weighted by molar-refractivity contribution is 9.10. The van der Waals surface area contributed by atoms with Crippen molar-refractivity contribution in [2.75, 3.05) is 41.7 Å². The summed E-state index contributed by atoms with van der Waals surface area (Å²) < 4.78 is 12.8. The van der Waals surface area contributed by atoms with Crippen molar-refractivity contribution in [3.05, 3.63) is 41.0 Å². The summed E-state index contributed by atoms with van der Waals surface area (Å²) in [5, 5.41) is 0. The van der Waals surface area contributed by atoms with Crippen LogP contribution >= 0.6 is 15.9 Å². The van der Waals surface area contributed by atoms with Gasteiger partial charge in [-0.2, -0.15) is 0 Å². The molecule has 5 rings (SSSR count). The van der Waals surface area contributed by atoms with Crippen molar-refractivity contribution < 1.29 is 14.3 Å². The minimum atomic E-state index is -1.11. The Hall–Kier alpha value is -2.10. The number of nitrogens with zero attached hydrogens (tertiary/aromatic N) is 4. The van der Waals surface area contributed by atoms with Gasteiger partial charge in [-0.1, -0.05) is 31.8 Å². The van der Waals surface area contributed by atoms with Crippen molar-refractivity contribution in [3.63, 3.8) is 0 Å². The molecule has 1 aliphatic heterocycles. The third-order valence-electron chi connectivity index (χ3n) is 8.01. The van der Waals surface area contributed by atoms with E-state index in [4.69, 9.17) is 14.5 Å². The molecule has 2 fully saturated rings. The molecule has 0 unspecified atom stereocenters. The van der Waals surface area contributed by atoms with E-state index in [0.29, 0.717) is 31.5 Å². The monoisotopic (exact) mass is 600 g/mol. The van der Waals surface area contributed by atoms with Crippen LogP contribution in [-0.2, 0) is 9.53 Å². The molecule has 38 heavy (non-hydrogen) atoms. The third kappa shape index (κ3) is 6.37. The molecule has 3 aliphatic rings. The molecule has 1 aromatic carbocycles. The largest absolute Gasteiger partial charge is 0.465 e. The minimum Gasteiger partial charge on any atom is -0.465 e. The Morgan fingerprint density at radius 1 is 1.03 bits per heavy atom. The molecule has 0 spiro atoms.